The first kappa shape index (κ1) is 29.7. The molecule has 8 nitrogen and oxygen atoms in total. The number of fused-ring (bicyclic) bond motifs is 2. The molecule has 0 atom stereocenters. The van der Waals surface area contributed by atoms with Gasteiger partial charge in [-0.05, 0) is 75.3 Å². The van der Waals surface area contributed by atoms with Gasteiger partial charge >= 0.3 is 23.9 Å². The molecular formula is C32H26Br2O8. The van der Waals surface area contributed by atoms with Crippen molar-refractivity contribution in [2.24, 2.45) is 0 Å². The standard InChI is InChI=1S/C32H26Br2O8/c1-3-5-6-7-8-15-26(32(41)42)27-20(31(39)40)13(4-2)11-17-22-19(33)12-18(30(37)38)21-16(29(35)36)10-9-14(23(21)22)25(24(17)27)28(15)34/h9-12H,3-8H2,1-2H3,(H,35,36)(H,37,38)(H,39,40)(H,41,42). The van der Waals surface area contributed by atoms with E-state index in [2.05, 4.69) is 38.8 Å². The molecule has 0 saturated carbocycles. The Labute approximate surface area is 256 Å². The zero-order chi connectivity index (χ0) is 30.6. The van der Waals surface area contributed by atoms with Crippen molar-refractivity contribution in [1.82, 2.24) is 0 Å². The van der Waals surface area contributed by atoms with Gasteiger partial charge in [0.1, 0.15) is 0 Å². The molecule has 0 spiro atoms. The van der Waals surface area contributed by atoms with Gasteiger partial charge in [-0.2, -0.15) is 0 Å². The van der Waals surface area contributed by atoms with Gasteiger partial charge in [-0.3, -0.25) is 0 Å². The molecule has 0 bridgehead atoms. The molecule has 10 heteroatoms. The number of aromatic carboxylic acids is 4. The van der Waals surface area contributed by atoms with Crippen molar-refractivity contribution in [3.05, 3.63) is 66.6 Å². The molecule has 0 amide bonds. The number of carboxylic acids is 4. The fourth-order valence-corrected chi connectivity index (χ4v) is 7.74. The summed E-state index contributed by atoms with van der Waals surface area (Å²) in [5.74, 6) is -5.08. The van der Waals surface area contributed by atoms with E-state index in [9.17, 15) is 39.6 Å². The Morgan fingerprint density at radius 2 is 1.29 bits per heavy atom. The number of hydrogen-bond acceptors (Lipinski definition) is 4. The smallest absolute Gasteiger partial charge is 0.336 e. The largest absolute Gasteiger partial charge is 0.478 e. The summed E-state index contributed by atoms with van der Waals surface area (Å²) in [7, 11) is 0. The number of rotatable bonds is 10. The number of carbonyl (C=O) groups is 4. The fraction of sp³-hybridized carbons (Fsp3) is 0.250. The number of halogens is 2. The van der Waals surface area contributed by atoms with Gasteiger partial charge in [0.05, 0.1) is 22.3 Å². The van der Waals surface area contributed by atoms with E-state index in [0.717, 1.165) is 19.3 Å². The molecule has 5 rings (SSSR count). The first-order chi connectivity index (χ1) is 20.0. The summed E-state index contributed by atoms with van der Waals surface area (Å²) in [5, 5.41) is 44.1. The topological polar surface area (TPSA) is 149 Å². The van der Waals surface area contributed by atoms with E-state index in [-0.39, 0.29) is 39.4 Å². The van der Waals surface area contributed by atoms with Crippen LogP contribution in [0.3, 0.4) is 0 Å². The van der Waals surface area contributed by atoms with Crippen molar-refractivity contribution < 1.29 is 39.6 Å². The molecule has 5 aromatic rings. The predicted octanol–water partition coefficient (Wildman–Crippen LogP) is 8.74. The molecule has 0 aliphatic carbocycles. The molecule has 0 aromatic heterocycles. The summed E-state index contributed by atoms with van der Waals surface area (Å²) in [5.41, 5.74) is 0.322. The summed E-state index contributed by atoms with van der Waals surface area (Å²) in [6.07, 6.45) is 4.14. The van der Waals surface area contributed by atoms with Gasteiger partial charge in [0.25, 0.3) is 0 Å². The third-order valence-corrected chi connectivity index (χ3v) is 9.52. The number of hydrogen-bond donors (Lipinski definition) is 4. The Morgan fingerprint density at radius 1 is 0.643 bits per heavy atom. The van der Waals surface area contributed by atoms with Crippen LogP contribution >= 0.6 is 31.9 Å². The first-order valence-corrected chi connectivity index (χ1v) is 15.1. The Bertz CT molecular complexity index is 1990. The Kier molecular flexibility index (Phi) is 7.89. The lowest BCUT2D eigenvalue weighted by Gasteiger charge is -2.24. The number of aryl methyl sites for hydroxylation is 1. The van der Waals surface area contributed by atoms with E-state index in [1.807, 2.05) is 0 Å². The Balaban J connectivity index is 2.19. The van der Waals surface area contributed by atoms with Gasteiger partial charge in [-0.15, -0.1) is 0 Å². The number of benzene rings is 5. The van der Waals surface area contributed by atoms with E-state index in [1.165, 1.54) is 12.1 Å². The van der Waals surface area contributed by atoms with Crippen LogP contribution in [0, 0.1) is 0 Å². The normalized spacial score (nSPS) is 11.7. The van der Waals surface area contributed by atoms with Crippen LogP contribution in [0.15, 0.2) is 33.2 Å². The zero-order valence-corrected chi connectivity index (χ0v) is 25.9. The van der Waals surface area contributed by atoms with Crippen LogP contribution in [-0.2, 0) is 12.8 Å². The molecule has 0 aliphatic rings. The Morgan fingerprint density at radius 3 is 1.86 bits per heavy atom. The zero-order valence-electron chi connectivity index (χ0n) is 22.7. The van der Waals surface area contributed by atoms with Gasteiger partial charge in [-0.25, -0.2) is 19.2 Å². The first-order valence-electron chi connectivity index (χ1n) is 13.5. The molecule has 0 fully saturated rings. The minimum atomic E-state index is -1.30. The van der Waals surface area contributed by atoms with Crippen molar-refractivity contribution in [1.29, 1.82) is 0 Å². The second-order valence-electron chi connectivity index (χ2n) is 10.3. The lowest BCUT2D eigenvalue weighted by Crippen LogP contribution is -2.12. The molecule has 0 heterocycles. The fourth-order valence-electron chi connectivity index (χ4n) is 6.29. The van der Waals surface area contributed by atoms with Crippen molar-refractivity contribution >= 4 is 98.8 Å². The summed E-state index contributed by atoms with van der Waals surface area (Å²) in [6.45, 7) is 3.85. The van der Waals surface area contributed by atoms with Crippen LogP contribution in [-0.4, -0.2) is 44.3 Å². The minimum Gasteiger partial charge on any atom is -0.478 e. The average Bonchev–Trinajstić information content (AvgIpc) is 2.93. The van der Waals surface area contributed by atoms with Crippen LogP contribution < -0.4 is 0 Å². The second kappa shape index (κ2) is 11.1. The maximum atomic E-state index is 13.0. The van der Waals surface area contributed by atoms with Crippen LogP contribution in [0.2, 0.25) is 0 Å². The highest BCUT2D eigenvalue weighted by Crippen LogP contribution is 2.50. The van der Waals surface area contributed by atoms with Crippen LogP contribution in [0.1, 0.15) is 92.1 Å². The molecule has 216 valence electrons. The van der Waals surface area contributed by atoms with Gasteiger partial charge in [0.15, 0.2) is 0 Å². The van der Waals surface area contributed by atoms with Crippen LogP contribution in [0.5, 0.6) is 0 Å². The predicted molar refractivity (Wildman–Crippen MR) is 168 cm³/mol. The van der Waals surface area contributed by atoms with E-state index >= 15 is 0 Å². The SMILES string of the molecule is CCCCCCc1c(C(=O)O)c2c(C(=O)O)c(CC)cc3c4c(Br)cc(C(=O)O)c5c(C(=O)O)ccc(c(c1Br)c23)c54. The quantitative estimate of drug-likeness (QED) is 0.0643. The molecule has 0 radical (unpaired) electrons. The molecular weight excluding hydrogens is 672 g/mol. The average molecular weight is 698 g/mol. The second-order valence-corrected chi connectivity index (χ2v) is 12.0. The highest BCUT2D eigenvalue weighted by molar-refractivity contribution is 9.11. The van der Waals surface area contributed by atoms with Crippen molar-refractivity contribution in [3.63, 3.8) is 0 Å². The molecule has 42 heavy (non-hydrogen) atoms. The molecule has 4 N–H and O–H groups in total. The van der Waals surface area contributed by atoms with Gasteiger partial charge in [0.2, 0.25) is 0 Å². The van der Waals surface area contributed by atoms with E-state index < -0.39 is 23.9 Å². The molecule has 0 aliphatic heterocycles. The van der Waals surface area contributed by atoms with Crippen LogP contribution in [0.25, 0.3) is 43.1 Å². The lowest BCUT2D eigenvalue weighted by atomic mass is 9.80. The molecule has 5 aromatic carbocycles. The van der Waals surface area contributed by atoms with E-state index in [4.69, 9.17) is 0 Å². The van der Waals surface area contributed by atoms with Crippen molar-refractivity contribution in [2.45, 2.75) is 52.4 Å². The van der Waals surface area contributed by atoms with Gasteiger partial charge in [-0.1, -0.05) is 55.1 Å². The van der Waals surface area contributed by atoms with E-state index in [1.54, 1.807) is 19.1 Å². The van der Waals surface area contributed by atoms with Gasteiger partial charge < -0.3 is 20.4 Å². The maximum Gasteiger partial charge on any atom is 0.336 e. The highest BCUT2D eigenvalue weighted by atomic mass is 79.9. The van der Waals surface area contributed by atoms with Crippen molar-refractivity contribution in [3.8, 4) is 0 Å². The number of carboxylic acid groups (broad SMARTS) is 4. The number of unbranched alkanes of at least 4 members (excludes halogenated alkanes) is 3. The van der Waals surface area contributed by atoms with E-state index in [0.29, 0.717) is 65.2 Å². The van der Waals surface area contributed by atoms with Crippen LogP contribution in [0.4, 0.5) is 0 Å². The third kappa shape index (κ3) is 4.39. The van der Waals surface area contributed by atoms with Crippen molar-refractivity contribution in [2.75, 3.05) is 0 Å². The molecule has 0 saturated heterocycles. The minimum absolute atomic E-state index is 0.0450. The summed E-state index contributed by atoms with van der Waals surface area (Å²) < 4.78 is 0.836. The summed E-state index contributed by atoms with van der Waals surface area (Å²) in [4.78, 5) is 50.5. The monoisotopic (exact) mass is 696 g/mol. The highest BCUT2D eigenvalue weighted by Gasteiger charge is 2.31. The summed E-state index contributed by atoms with van der Waals surface area (Å²) >= 11 is 7.20. The van der Waals surface area contributed by atoms with Gasteiger partial charge in [0, 0.05) is 41.3 Å². The Hall–Kier alpha value is -3.76. The third-order valence-electron chi connectivity index (χ3n) is 8.02. The maximum absolute atomic E-state index is 13.0. The molecule has 0 unspecified atom stereocenters. The summed E-state index contributed by atoms with van der Waals surface area (Å²) in [6, 6.07) is 5.98. The lowest BCUT2D eigenvalue weighted by molar-refractivity contribution is 0.0680.